The number of hydrogen-bond donors (Lipinski definition) is 2. The maximum absolute atomic E-state index is 11.4. The molecule has 0 atom stereocenters. The highest BCUT2D eigenvalue weighted by Crippen LogP contribution is 2.28. The van der Waals surface area contributed by atoms with Crippen LogP contribution in [-0.2, 0) is 0 Å². The normalized spacial score (nSPS) is 10.0. The van der Waals surface area contributed by atoms with Crippen molar-refractivity contribution in [3.63, 3.8) is 0 Å². The number of carboxylic acids is 1. The molecule has 0 radical (unpaired) electrons. The topological polar surface area (TPSA) is 206 Å². The second kappa shape index (κ2) is 12.7. The maximum Gasteiger partial charge on any atom is 0.336 e. The number of rotatable bonds is 4. The maximum atomic E-state index is 11.4. The zero-order chi connectivity index (χ0) is 29.4. The number of nitrogens with zero attached hydrogens (tertiary/aromatic N) is 4. The molecule has 0 saturated carbocycles. The number of nitrogens with two attached hydrogens (primary N) is 1. The standard InChI is InChI=1S/C15H10O2.C6H3N3O6.C5H5ClN2/c16-15(17)14-12-7-3-1-5-10(12)9-11-6-2-4-8-13(11)14;10-7(11)4-1-5(8(12)13)3-6(2-4)9(14)15;6-4-1-2-5(7)8-3-4/h1-9H,(H,16,17);1-3H;1-3H,(H2,7,8). The summed E-state index contributed by atoms with van der Waals surface area (Å²) >= 11 is 5.49. The minimum atomic E-state index is -0.931. The first kappa shape index (κ1) is 28.9. The molecule has 1 aromatic heterocycles. The van der Waals surface area contributed by atoms with Crippen LogP contribution in [0.1, 0.15) is 10.4 Å². The van der Waals surface area contributed by atoms with Gasteiger partial charge in [-0.25, -0.2) is 9.78 Å². The zero-order valence-corrected chi connectivity index (χ0v) is 21.0. The van der Waals surface area contributed by atoms with Gasteiger partial charge in [0.2, 0.25) is 0 Å². The summed E-state index contributed by atoms with van der Waals surface area (Å²) in [6.07, 6.45) is 1.51. The predicted octanol–water partition coefficient (Wildman–Crippen LogP) is 6.42. The van der Waals surface area contributed by atoms with Gasteiger partial charge in [0.25, 0.3) is 17.1 Å². The van der Waals surface area contributed by atoms with E-state index in [0.717, 1.165) is 21.5 Å². The second-order valence-electron chi connectivity index (χ2n) is 7.88. The summed E-state index contributed by atoms with van der Waals surface area (Å²) in [6.45, 7) is 0. The molecular weight excluding hydrogens is 546 g/mol. The number of non-ortho nitro benzene ring substituents is 3. The highest BCUT2D eigenvalue weighted by Gasteiger charge is 2.21. The number of anilines is 1. The van der Waals surface area contributed by atoms with E-state index < -0.39 is 37.8 Å². The average Bonchev–Trinajstić information content (AvgIpc) is 2.93. The lowest BCUT2D eigenvalue weighted by Crippen LogP contribution is -1.99. The van der Waals surface area contributed by atoms with Gasteiger partial charge in [-0.1, -0.05) is 60.1 Å². The first-order chi connectivity index (χ1) is 19.0. The molecule has 40 heavy (non-hydrogen) atoms. The van der Waals surface area contributed by atoms with Crippen LogP contribution in [-0.4, -0.2) is 30.8 Å². The molecule has 5 aromatic rings. The highest BCUT2D eigenvalue weighted by atomic mass is 35.5. The van der Waals surface area contributed by atoms with Gasteiger partial charge in [0.1, 0.15) is 5.82 Å². The van der Waals surface area contributed by atoms with Crippen LogP contribution < -0.4 is 5.73 Å². The van der Waals surface area contributed by atoms with E-state index in [1.54, 1.807) is 12.1 Å². The van der Waals surface area contributed by atoms with Crippen molar-refractivity contribution >= 4 is 62.0 Å². The molecule has 0 unspecified atom stereocenters. The summed E-state index contributed by atoms with van der Waals surface area (Å²) in [7, 11) is 0. The fourth-order valence-corrected chi connectivity index (χ4v) is 3.64. The molecule has 14 heteroatoms. The van der Waals surface area contributed by atoms with Crippen LogP contribution in [0, 0.1) is 30.3 Å². The van der Waals surface area contributed by atoms with Crippen molar-refractivity contribution in [1.29, 1.82) is 0 Å². The SMILES string of the molecule is Nc1ccc(Cl)cn1.O=C(O)c1c2ccccc2cc2ccccc12.O=[N+]([O-])c1cc([N+](=O)[O-])cc([N+](=O)[O-])c1. The molecule has 4 aromatic carbocycles. The third kappa shape index (κ3) is 7.20. The van der Waals surface area contributed by atoms with E-state index in [-0.39, 0.29) is 0 Å². The summed E-state index contributed by atoms with van der Waals surface area (Å²) < 4.78 is 0. The quantitative estimate of drug-likeness (QED) is 0.139. The monoisotopic (exact) mass is 563 g/mol. The van der Waals surface area contributed by atoms with Crippen molar-refractivity contribution < 1.29 is 24.7 Å². The zero-order valence-electron chi connectivity index (χ0n) is 20.2. The Morgan fingerprint density at radius 2 is 1.15 bits per heavy atom. The van der Waals surface area contributed by atoms with Gasteiger partial charge in [-0.3, -0.25) is 30.3 Å². The number of hydrogen-bond acceptors (Lipinski definition) is 9. The van der Waals surface area contributed by atoms with Crippen LogP contribution in [0.5, 0.6) is 0 Å². The fraction of sp³-hybridized carbons (Fsp3) is 0. The Kier molecular flexibility index (Phi) is 9.17. The number of aromatic carboxylic acids is 1. The summed E-state index contributed by atoms with van der Waals surface area (Å²) in [5, 5.41) is 44.4. The van der Waals surface area contributed by atoms with Crippen molar-refractivity contribution in [2.45, 2.75) is 0 Å². The first-order valence-corrected chi connectivity index (χ1v) is 11.4. The Hall–Kier alpha value is -5.69. The van der Waals surface area contributed by atoms with E-state index in [9.17, 15) is 40.2 Å². The van der Waals surface area contributed by atoms with Gasteiger partial charge in [0.15, 0.2) is 0 Å². The van der Waals surface area contributed by atoms with Crippen LogP contribution in [0.4, 0.5) is 22.9 Å². The molecule has 13 nitrogen and oxygen atoms in total. The molecule has 1 heterocycles. The molecule has 0 spiro atoms. The van der Waals surface area contributed by atoms with E-state index in [4.69, 9.17) is 17.3 Å². The number of nitro benzene ring substituents is 3. The predicted molar refractivity (Wildman–Crippen MR) is 148 cm³/mol. The number of aromatic nitrogens is 1. The lowest BCUT2D eigenvalue weighted by Gasteiger charge is -2.07. The fourth-order valence-electron chi connectivity index (χ4n) is 3.53. The Morgan fingerprint density at radius 1 is 0.725 bits per heavy atom. The molecule has 5 rings (SSSR count). The molecule has 202 valence electrons. The van der Waals surface area contributed by atoms with E-state index in [0.29, 0.717) is 34.6 Å². The van der Waals surface area contributed by atoms with E-state index >= 15 is 0 Å². The van der Waals surface area contributed by atoms with Crippen LogP contribution >= 0.6 is 11.6 Å². The number of fused-ring (bicyclic) bond motifs is 2. The Balaban J connectivity index is 0.000000176. The number of nitrogen functional groups attached to an aromatic ring is 1. The van der Waals surface area contributed by atoms with Gasteiger partial charge in [0.05, 0.1) is 43.6 Å². The van der Waals surface area contributed by atoms with Crippen LogP contribution in [0.25, 0.3) is 21.5 Å². The third-order valence-corrected chi connectivity index (χ3v) is 5.48. The number of pyridine rings is 1. The van der Waals surface area contributed by atoms with E-state index in [1.165, 1.54) is 6.20 Å². The molecule has 0 aliphatic carbocycles. The largest absolute Gasteiger partial charge is 0.478 e. The smallest absolute Gasteiger partial charge is 0.336 e. The molecule has 0 aliphatic rings. The van der Waals surface area contributed by atoms with Crippen molar-refractivity contribution in [2.24, 2.45) is 0 Å². The average molecular weight is 564 g/mol. The number of carboxylic acid groups (broad SMARTS) is 1. The highest BCUT2D eigenvalue weighted by molar-refractivity contribution is 6.30. The number of halogens is 1. The molecule has 0 fully saturated rings. The van der Waals surface area contributed by atoms with E-state index in [1.807, 2.05) is 54.6 Å². The summed E-state index contributed by atoms with van der Waals surface area (Å²) in [5.74, 6) is -0.382. The third-order valence-electron chi connectivity index (χ3n) is 5.26. The Bertz CT molecular complexity index is 1590. The minimum absolute atomic E-state index is 0.388. The molecular formula is C26H18ClN5O8. The van der Waals surface area contributed by atoms with Gasteiger partial charge >= 0.3 is 5.97 Å². The Morgan fingerprint density at radius 3 is 1.48 bits per heavy atom. The van der Waals surface area contributed by atoms with Crippen LogP contribution in [0.2, 0.25) is 5.02 Å². The van der Waals surface area contributed by atoms with Gasteiger partial charge in [-0.15, -0.1) is 0 Å². The lowest BCUT2D eigenvalue weighted by molar-refractivity contribution is -0.403. The van der Waals surface area contributed by atoms with Crippen molar-refractivity contribution in [1.82, 2.24) is 4.98 Å². The molecule has 0 bridgehead atoms. The number of carbonyl (C=O) groups is 1. The van der Waals surface area contributed by atoms with Crippen LogP contribution in [0.3, 0.4) is 0 Å². The lowest BCUT2D eigenvalue weighted by atomic mass is 9.97. The molecule has 0 amide bonds. The first-order valence-electron chi connectivity index (χ1n) is 11.1. The summed E-state index contributed by atoms with van der Waals surface area (Å²) in [6, 6.07) is 22.5. The molecule has 3 N–H and O–H groups in total. The van der Waals surface area contributed by atoms with Crippen molar-refractivity contribution in [3.05, 3.63) is 132 Å². The van der Waals surface area contributed by atoms with Crippen molar-refractivity contribution in [3.8, 4) is 0 Å². The summed E-state index contributed by atoms with van der Waals surface area (Å²) in [5.41, 5.74) is 3.59. The van der Waals surface area contributed by atoms with Gasteiger partial charge in [0, 0.05) is 6.20 Å². The van der Waals surface area contributed by atoms with Crippen molar-refractivity contribution in [2.75, 3.05) is 5.73 Å². The summed E-state index contributed by atoms with van der Waals surface area (Å²) in [4.78, 5) is 43.3. The van der Waals surface area contributed by atoms with Gasteiger partial charge in [-0.05, 0) is 39.7 Å². The van der Waals surface area contributed by atoms with Gasteiger partial charge < -0.3 is 10.8 Å². The number of benzene rings is 4. The van der Waals surface area contributed by atoms with Gasteiger partial charge in [-0.2, -0.15) is 0 Å². The Labute approximate surface area is 229 Å². The molecule has 0 aliphatic heterocycles. The minimum Gasteiger partial charge on any atom is -0.478 e. The van der Waals surface area contributed by atoms with E-state index in [2.05, 4.69) is 4.98 Å². The number of nitro groups is 3. The van der Waals surface area contributed by atoms with Crippen LogP contribution in [0.15, 0.2) is 91.1 Å². The second-order valence-corrected chi connectivity index (χ2v) is 8.32. The molecule has 0 saturated heterocycles.